The van der Waals surface area contributed by atoms with Gasteiger partial charge >= 0.3 is 0 Å². The summed E-state index contributed by atoms with van der Waals surface area (Å²) in [5.41, 5.74) is 1.55. The Morgan fingerprint density at radius 1 is 1.25 bits per heavy atom. The number of halogens is 1. The van der Waals surface area contributed by atoms with Crippen molar-refractivity contribution in [3.63, 3.8) is 0 Å². The van der Waals surface area contributed by atoms with E-state index in [0.717, 1.165) is 55.7 Å². The van der Waals surface area contributed by atoms with E-state index in [-0.39, 0.29) is 5.82 Å². The lowest BCUT2D eigenvalue weighted by Gasteiger charge is -2.31. The van der Waals surface area contributed by atoms with Gasteiger partial charge in [-0.3, -0.25) is 0 Å². The van der Waals surface area contributed by atoms with Gasteiger partial charge < -0.3 is 18.9 Å². The van der Waals surface area contributed by atoms with E-state index in [9.17, 15) is 4.39 Å². The number of rotatable bonds is 7. The summed E-state index contributed by atoms with van der Waals surface area (Å²) >= 11 is 0. The van der Waals surface area contributed by atoms with Crippen LogP contribution in [0.5, 0.6) is 11.5 Å². The Hall–Kier alpha value is -2.60. The van der Waals surface area contributed by atoms with Crippen molar-refractivity contribution in [2.75, 3.05) is 33.4 Å². The molecule has 0 aliphatic carbocycles. The van der Waals surface area contributed by atoms with Gasteiger partial charge in [-0.05, 0) is 68.8 Å². The lowest BCUT2D eigenvalue weighted by atomic mass is 9.91. The van der Waals surface area contributed by atoms with E-state index >= 15 is 0 Å². The average Bonchev–Trinajstić information content (AvgIpc) is 3.15. The van der Waals surface area contributed by atoms with Crippen molar-refractivity contribution in [3.8, 4) is 11.5 Å². The van der Waals surface area contributed by atoms with Gasteiger partial charge in [-0.25, -0.2) is 4.39 Å². The first kappa shape index (κ1) is 18.7. The Bertz CT molecular complexity index is 919. The summed E-state index contributed by atoms with van der Waals surface area (Å²) in [5, 5.41) is 5.02. The number of nitrogens with zero attached hydrogens (tertiary/aromatic N) is 2. The Labute approximate surface area is 164 Å². The molecule has 4 rings (SSSR count). The summed E-state index contributed by atoms with van der Waals surface area (Å²) in [4.78, 5) is 2.44. The van der Waals surface area contributed by atoms with Crippen LogP contribution in [0, 0.1) is 11.9 Å². The van der Waals surface area contributed by atoms with Crippen LogP contribution in [0.4, 0.5) is 4.39 Å². The van der Waals surface area contributed by atoms with Crippen LogP contribution in [0.15, 0.2) is 40.9 Å². The molecule has 2 aromatic carbocycles. The van der Waals surface area contributed by atoms with Crippen molar-refractivity contribution in [1.82, 2.24) is 10.1 Å². The van der Waals surface area contributed by atoms with Crippen molar-refractivity contribution in [2.45, 2.75) is 25.2 Å². The summed E-state index contributed by atoms with van der Waals surface area (Å²) in [6, 6.07) is 13.0. The predicted molar refractivity (Wildman–Crippen MR) is 104 cm³/mol. The normalized spacial score (nSPS) is 15.8. The van der Waals surface area contributed by atoms with Gasteiger partial charge in [-0.2, -0.15) is 0 Å². The number of hydrogen-bond donors (Lipinski definition) is 0. The molecule has 0 bridgehead atoms. The number of hydrogen-bond acceptors (Lipinski definition) is 5. The fourth-order valence-corrected chi connectivity index (χ4v) is 3.80. The number of benzene rings is 2. The molecule has 1 saturated heterocycles. The number of aromatic nitrogens is 1. The molecule has 0 saturated carbocycles. The van der Waals surface area contributed by atoms with Crippen LogP contribution in [0.25, 0.3) is 11.0 Å². The topological polar surface area (TPSA) is 47.7 Å². The quantitative estimate of drug-likeness (QED) is 0.565. The lowest BCUT2D eigenvalue weighted by molar-refractivity contribution is 0.189. The summed E-state index contributed by atoms with van der Waals surface area (Å²) in [5.74, 6) is 1.53. The van der Waals surface area contributed by atoms with E-state index in [1.165, 1.54) is 12.1 Å². The fraction of sp³-hybridized carbons (Fsp3) is 0.409. The Kier molecular flexibility index (Phi) is 5.76. The van der Waals surface area contributed by atoms with Gasteiger partial charge in [0.25, 0.3) is 0 Å². The molecular weight excluding hydrogens is 359 g/mol. The van der Waals surface area contributed by atoms with Crippen molar-refractivity contribution in [3.05, 3.63) is 54.0 Å². The van der Waals surface area contributed by atoms with Crippen molar-refractivity contribution in [2.24, 2.45) is 0 Å². The molecule has 1 aliphatic rings. The molecule has 28 heavy (non-hydrogen) atoms. The predicted octanol–water partition coefficient (Wildman–Crippen LogP) is 4.42. The zero-order valence-electron chi connectivity index (χ0n) is 16.0. The molecule has 6 heteroatoms. The average molecular weight is 383 g/mol. The van der Waals surface area contributed by atoms with Crippen LogP contribution in [-0.2, 0) is 0 Å². The smallest absolute Gasteiger partial charge is 0.167 e. The van der Waals surface area contributed by atoms with Crippen LogP contribution in [0.3, 0.4) is 0 Å². The highest BCUT2D eigenvalue weighted by molar-refractivity contribution is 5.79. The number of ether oxygens (including phenoxy) is 2. The number of methoxy groups -OCH3 is 1. The third-order valence-electron chi connectivity index (χ3n) is 5.32. The Balaban J connectivity index is 1.25. The molecule has 1 radical (unpaired) electrons. The second-order valence-electron chi connectivity index (χ2n) is 7.10. The molecule has 147 valence electrons. The van der Waals surface area contributed by atoms with Crippen LogP contribution < -0.4 is 9.47 Å². The Morgan fingerprint density at radius 2 is 2.11 bits per heavy atom. The first-order valence-corrected chi connectivity index (χ1v) is 9.68. The zero-order valence-corrected chi connectivity index (χ0v) is 16.0. The molecule has 0 spiro atoms. The van der Waals surface area contributed by atoms with Gasteiger partial charge in [0, 0.05) is 17.8 Å². The SMILES string of the molecule is COc1c[c]ccc1OCCCN1CCC(c2noc3ccc(F)cc23)CC1. The molecule has 0 N–H and O–H groups in total. The van der Waals surface area contributed by atoms with Gasteiger partial charge in [0.1, 0.15) is 5.82 Å². The first-order valence-electron chi connectivity index (χ1n) is 9.68. The van der Waals surface area contributed by atoms with Gasteiger partial charge in [-0.1, -0.05) is 11.2 Å². The van der Waals surface area contributed by atoms with Crippen LogP contribution >= 0.6 is 0 Å². The van der Waals surface area contributed by atoms with E-state index in [2.05, 4.69) is 16.1 Å². The molecule has 3 aromatic rings. The minimum Gasteiger partial charge on any atom is -0.493 e. The first-order chi connectivity index (χ1) is 13.7. The Morgan fingerprint density at radius 3 is 2.93 bits per heavy atom. The number of fused-ring (bicyclic) bond motifs is 1. The molecule has 1 fully saturated rings. The zero-order chi connectivity index (χ0) is 19.3. The maximum absolute atomic E-state index is 13.6. The van der Waals surface area contributed by atoms with E-state index in [1.54, 1.807) is 19.2 Å². The maximum Gasteiger partial charge on any atom is 0.167 e. The number of likely N-dealkylation sites (tertiary alicyclic amines) is 1. The van der Waals surface area contributed by atoms with Crippen molar-refractivity contribution >= 4 is 11.0 Å². The molecule has 1 aromatic heterocycles. The van der Waals surface area contributed by atoms with Gasteiger partial charge in [0.2, 0.25) is 0 Å². The van der Waals surface area contributed by atoms with E-state index < -0.39 is 0 Å². The van der Waals surface area contributed by atoms with Crippen molar-refractivity contribution in [1.29, 1.82) is 0 Å². The van der Waals surface area contributed by atoms with Gasteiger partial charge in [0.15, 0.2) is 17.1 Å². The largest absolute Gasteiger partial charge is 0.493 e. The minimum atomic E-state index is -0.248. The van der Waals surface area contributed by atoms with Gasteiger partial charge in [0.05, 0.1) is 19.4 Å². The third-order valence-corrected chi connectivity index (χ3v) is 5.32. The molecule has 1 aliphatic heterocycles. The third kappa shape index (κ3) is 4.12. The van der Waals surface area contributed by atoms with Crippen LogP contribution in [0.2, 0.25) is 0 Å². The molecular formula is C22H24FN2O3. The highest BCUT2D eigenvalue weighted by atomic mass is 19.1. The molecule has 0 atom stereocenters. The molecule has 2 heterocycles. The summed E-state index contributed by atoms with van der Waals surface area (Å²) < 4.78 is 30.0. The standard InChI is InChI=1S/C22H24FN2O3/c1-26-20-5-2-3-6-21(20)27-14-4-11-25-12-9-16(10-13-25)22-18-15-17(23)7-8-19(18)28-24-22/h3,5-8,15-16H,4,9-14H2,1H3. The summed E-state index contributed by atoms with van der Waals surface area (Å²) in [6.45, 7) is 3.63. The van der Waals surface area contributed by atoms with Crippen LogP contribution in [-0.4, -0.2) is 43.4 Å². The monoisotopic (exact) mass is 383 g/mol. The summed E-state index contributed by atoms with van der Waals surface area (Å²) in [6.07, 6.45) is 2.95. The highest BCUT2D eigenvalue weighted by Gasteiger charge is 2.25. The maximum atomic E-state index is 13.6. The molecule has 5 nitrogen and oxygen atoms in total. The fourth-order valence-electron chi connectivity index (χ4n) is 3.80. The summed E-state index contributed by atoms with van der Waals surface area (Å²) in [7, 11) is 1.63. The highest BCUT2D eigenvalue weighted by Crippen LogP contribution is 2.33. The van der Waals surface area contributed by atoms with E-state index in [4.69, 9.17) is 14.0 Å². The van der Waals surface area contributed by atoms with Gasteiger partial charge in [-0.15, -0.1) is 0 Å². The second-order valence-corrected chi connectivity index (χ2v) is 7.10. The van der Waals surface area contributed by atoms with E-state index in [0.29, 0.717) is 23.9 Å². The second kappa shape index (κ2) is 8.61. The minimum absolute atomic E-state index is 0.248. The van der Waals surface area contributed by atoms with Crippen LogP contribution in [0.1, 0.15) is 30.9 Å². The molecule has 0 amide bonds. The number of piperidine rings is 1. The van der Waals surface area contributed by atoms with E-state index in [1.807, 2.05) is 12.1 Å². The lowest BCUT2D eigenvalue weighted by Crippen LogP contribution is -2.34. The van der Waals surface area contributed by atoms with Crippen molar-refractivity contribution < 1.29 is 18.4 Å². The molecule has 0 unspecified atom stereocenters.